The maximum absolute atomic E-state index is 13.1. The van der Waals surface area contributed by atoms with Gasteiger partial charge in [0, 0.05) is 29.9 Å². The van der Waals surface area contributed by atoms with Gasteiger partial charge in [0.15, 0.2) is 0 Å². The number of carbonyl (C=O) groups excluding carboxylic acids is 2. The second-order valence-electron chi connectivity index (χ2n) is 6.26. The Labute approximate surface area is 172 Å². The Balaban J connectivity index is 1.71. The van der Waals surface area contributed by atoms with Crippen molar-refractivity contribution in [3.05, 3.63) is 76.8 Å². The summed E-state index contributed by atoms with van der Waals surface area (Å²) in [7, 11) is 0. The highest BCUT2D eigenvalue weighted by Crippen LogP contribution is 2.25. The van der Waals surface area contributed by atoms with E-state index < -0.39 is 0 Å². The first-order valence-corrected chi connectivity index (χ1v) is 9.09. The van der Waals surface area contributed by atoms with Gasteiger partial charge in [0.1, 0.15) is 11.0 Å². The van der Waals surface area contributed by atoms with Crippen LogP contribution in [0.2, 0.25) is 5.15 Å². The predicted octanol–water partition coefficient (Wildman–Crippen LogP) is 4.58. The largest absolute Gasteiger partial charge is 0.326 e. The van der Waals surface area contributed by atoms with Crippen molar-refractivity contribution in [1.29, 1.82) is 0 Å². The lowest BCUT2D eigenvalue weighted by molar-refractivity contribution is -0.114. The average molecular weight is 413 g/mol. The first-order chi connectivity index (χ1) is 13.8. The van der Waals surface area contributed by atoms with Gasteiger partial charge in [0.05, 0.1) is 11.4 Å². The summed E-state index contributed by atoms with van der Waals surface area (Å²) < 4.78 is 14.6. The van der Waals surface area contributed by atoms with Crippen LogP contribution in [0.3, 0.4) is 0 Å². The molecule has 0 bridgehead atoms. The lowest BCUT2D eigenvalue weighted by atomic mass is 10.2. The van der Waals surface area contributed by atoms with Gasteiger partial charge in [-0.2, -0.15) is 5.10 Å². The summed E-state index contributed by atoms with van der Waals surface area (Å²) in [6, 6.07) is 12.5. The maximum Gasteiger partial charge on any atom is 0.248 e. The number of carbonyl (C=O) groups is 2. The number of nitrogens with one attached hydrogen (secondary N) is 2. The van der Waals surface area contributed by atoms with Gasteiger partial charge in [-0.15, -0.1) is 0 Å². The Morgan fingerprint density at radius 1 is 1.03 bits per heavy atom. The van der Waals surface area contributed by atoms with Crippen LogP contribution >= 0.6 is 11.6 Å². The molecule has 6 nitrogen and oxygen atoms in total. The average Bonchev–Trinajstić information content (AvgIpc) is 2.96. The van der Waals surface area contributed by atoms with Gasteiger partial charge in [-0.1, -0.05) is 11.6 Å². The molecule has 0 saturated heterocycles. The normalized spacial score (nSPS) is 10.9. The lowest BCUT2D eigenvalue weighted by Crippen LogP contribution is -2.08. The quantitative estimate of drug-likeness (QED) is 0.602. The third kappa shape index (κ3) is 5.08. The van der Waals surface area contributed by atoms with E-state index in [1.165, 1.54) is 29.8 Å². The van der Waals surface area contributed by atoms with E-state index in [0.717, 1.165) is 0 Å². The SMILES string of the molecule is CC(=O)Nc1ccc(NC(=O)/C=C/c2c(C)nn(-c3ccc(F)cc3)c2Cl)cc1. The van der Waals surface area contributed by atoms with E-state index in [-0.39, 0.29) is 17.6 Å². The molecular weight excluding hydrogens is 395 g/mol. The number of rotatable bonds is 5. The zero-order valence-electron chi connectivity index (χ0n) is 15.7. The third-order valence-corrected chi connectivity index (χ3v) is 4.36. The molecule has 3 aromatic rings. The van der Waals surface area contributed by atoms with E-state index in [1.54, 1.807) is 49.4 Å². The van der Waals surface area contributed by atoms with E-state index >= 15 is 0 Å². The van der Waals surface area contributed by atoms with Gasteiger partial charge < -0.3 is 10.6 Å². The summed E-state index contributed by atoms with van der Waals surface area (Å²) in [5, 5.41) is 10.0. The van der Waals surface area contributed by atoms with Crippen LogP contribution in [0.4, 0.5) is 15.8 Å². The smallest absolute Gasteiger partial charge is 0.248 e. The van der Waals surface area contributed by atoms with Gasteiger partial charge in [0.2, 0.25) is 11.8 Å². The van der Waals surface area contributed by atoms with Crippen molar-refractivity contribution >= 4 is 40.9 Å². The predicted molar refractivity (Wildman–Crippen MR) is 112 cm³/mol. The molecule has 0 atom stereocenters. The second-order valence-corrected chi connectivity index (χ2v) is 6.62. The highest BCUT2D eigenvalue weighted by Gasteiger charge is 2.13. The van der Waals surface area contributed by atoms with Gasteiger partial charge in [0.25, 0.3) is 0 Å². The highest BCUT2D eigenvalue weighted by molar-refractivity contribution is 6.31. The molecule has 1 heterocycles. The molecule has 29 heavy (non-hydrogen) atoms. The molecule has 2 amide bonds. The fourth-order valence-electron chi connectivity index (χ4n) is 2.64. The molecule has 1 aromatic heterocycles. The van der Waals surface area contributed by atoms with Gasteiger partial charge in [-0.25, -0.2) is 9.07 Å². The molecule has 0 unspecified atom stereocenters. The number of hydrogen-bond acceptors (Lipinski definition) is 3. The molecule has 3 rings (SSSR count). The Hall–Kier alpha value is -3.45. The number of benzene rings is 2. The number of hydrogen-bond donors (Lipinski definition) is 2. The monoisotopic (exact) mass is 412 g/mol. The summed E-state index contributed by atoms with van der Waals surface area (Å²) >= 11 is 6.40. The fraction of sp³-hybridized carbons (Fsp3) is 0.0952. The minimum atomic E-state index is -0.351. The molecule has 0 fully saturated rings. The third-order valence-electron chi connectivity index (χ3n) is 3.99. The van der Waals surface area contributed by atoms with Crippen molar-refractivity contribution in [1.82, 2.24) is 9.78 Å². The highest BCUT2D eigenvalue weighted by atomic mass is 35.5. The van der Waals surface area contributed by atoms with E-state index in [4.69, 9.17) is 11.6 Å². The first-order valence-electron chi connectivity index (χ1n) is 8.71. The summed E-state index contributed by atoms with van der Waals surface area (Å²) in [4.78, 5) is 23.2. The molecule has 2 N–H and O–H groups in total. The summed E-state index contributed by atoms with van der Waals surface area (Å²) in [5.74, 6) is -0.865. The molecule has 0 radical (unpaired) electrons. The standard InChI is InChI=1S/C21H18ClFN4O2/c1-13-19(21(22)27(26-13)18-9-3-15(23)4-10-18)11-12-20(29)25-17-7-5-16(6-8-17)24-14(2)28/h3-12H,1-2H3,(H,24,28)(H,25,29)/b12-11+. The van der Waals surface area contributed by atoms with Crippen molar-refractivity contribution in [3.63, 3.8) is 0 Å². The van der Waals surface area contributed by atoms with Crippen LogP contribution < -0.4 is 10.6 Å². The van der Waals surface area contributed by atoms with E-state index in [1.807, 2.05) is 0 Å². The van der Waals surface area contributed by atoms with Crippen LogP contribution in [0.25, 0.3) is 11.8 Å². The molecule has 0 saturated carbocycles. The minimum absolute atomic E-state index is 0.168. The van der Waals surface area contributed by atoms with Crippen LogP contribution in [0, 0.1) is 12.7 Å². The number of aryl methyl sites for hydroxylation is 1. The lowest BCUT2D eigenvalue weighted by Gasteiger charge is -2.05. The molecule has 0 spiro atoms. The Morgan fingerprint density at radius 2 is 1.62 bits per heavy atom. The van der Waals surface area contributed by atoms with Crippen LogP contribution in [-0.4, -0.2) is 21.6 Å². The Morgan fingerprint density at radius 3 is 2.21 bits per heavy atom. The topological polar surface area (TPSA) is 76.0 Å². The molecule has 0 aliphatic rings. The molecule has 2 aromatic carbocycles. The molecule has 0 aliphatic carbocycles. The maximum atomic E-state index is 13.1. The van der Waals surface area contributed by atoms with Crippen LogP contribution in [0.15, 0.2) is 54.6 Å². The van der Waals surface area contributed by atoms with Crippen molar-refractivity contribution in [2.24, 2.45) is 0 Å². The summed E-state index contributed by atoms with van der Waals surface area (Å²) in [6.45, 7) is 3.19. The number of aromatic nitrogens is 2. The van der Waals surface area contributed by atoms with Crippen LogP contribution in [0.1, 0.15) is 18.2 Å². The number of halogens is 2. The summed E-state index contributed by atoms with van der Waals surface area (Å²) in [6.07, 6.45) is 2.93. The van der Waals surface area contributed by atoms with Crippen molar-refractivity contribution in [2.45, 2.75) is 13.8 Å². The van der Waals surface area contributed by atoms with Crippen LogP contribution in [-0.2, 0) is 9.59 Å². The van der Waals surface area contributed by atoms with E-state index in [2.05, 4.69) is 15.7 Å². The van der Waals surface area contributed by atoms with Crippen LogP contribution in [0.5, 0.6) is 0 Å². The number of amides is 2. The van der Waals surface area contributed by atoms with Gasteiger partial charge in [-0.3, -0.25) is 9.59 Å². The van der Waals surface area contributed by atoms with Crippen molar-refractivity contribution < 1.29 is 14.0 Å². The van der Waals surface area contributed by atoms with Gasteiger partial charge >= 0.3 is 0 Å². The van der Waals surface area contributed by atoms with Crippen molar-refractivity contribution in [2.75, 3.05) is 10.6 Å². The zero-order valence-corrected chi connectivity index (χ0v) is 16.5. The number of nitrogens with zero attached hydrogens (tertiary/aromatic N) is 2. The fourth-order valence-corrected chi connectivity index (χ4v) is 2.97. The molecule has 0 aliphatic heterocycles. The minimum Gasteiger partial charge on any atom is -0.326 e. The molecular formula is C21H18ClFN4O2. The number of anilines is 2. The Bertz CT molecular complexity index is 1070. The van der Waals surface area contributed by atoms with E-state index in [0.29, 0.717) is 33.5 Å². The second kappa shape index (κ2) is 8.70. The molecule has 8 heteroatoms. The van der Waals surface area contributed by atoms with E-state index in [9.17, 15) is 14.0 Å². The zero-order chi connectivity index (χ0) is 21.0. The van der Waals surface area contributed by atoms with Gasteiger partial charge in [-0.05, 0) is 61.5 Å². The summed E-state index contributed by atoms with van der Waals surface area (Å²) in [5.41, 5.74) is 3.05. The Kier molecular flexibility index (Phi) is 6.09. The molecule has 148 valence electrons. The van der Waals surface area contributed by atoms with Crippen molar-refractivity contribution in [3.8, 4) is 5.69 Å². The first kappa shape index (κ1) is 20.3.